The Kier molecular flexibility index (Phi) is 19.7. The van der Waals surface area contributed by atoms with Gasteiger partial charge in [-0.25, -0.2) is 9.59 Å². The zero-order valence-electron chi connectivity index (χ0n) is 35.4. The van der Waals surface area contributed by atoms with Gasteiger partial charge in [-0.2, -0.15) is 0 Å². The van der Waals surface area contributed by atoms with Crippen LogP contribution in [-0.4, -0.2) is 76.7 Å². The van der Waals surface area contributed by atoms with E-state index in [0.717, 1.165) is 35.0 Å². The molecule has 2 aliphatic rings. The number of piperidine rings is 2. The van der Waals surface area contributed by atoms with Gasteiger partial charge in [0, 0.05) is 51.6 Å². The molecule has 1 N–H and O–H groups in total. The lowest BCUT2D eigenvalue weighted by atomic mass is 10.1. The summed E-state index contributed by atoms with van der Waals surface area (Å²) < 4.78 is 28.3. The number of hydrogen-bond acceptors (Lipinski definition) is 8. The highest BCUT2D eigenvalue weighted by molar-refractivity contribution is 9.08. The summed E-state index contributed by atoms with van der Waals surface area (Å²) in [6, 6.07) is 25.5. The van der Waals surface area contributed by atoms with Gasteiger partial charge in [0.1, 0.15) is 34.2 Å². The molecular weight excluding hydrogens is 930 g/mol. The molecule has 4 aromatic carbocycles. The number of halogens is 5. The second kappa shape index (κ2) is 23.9. The van der Waals surface area contributed by atoms with Crippen LogP contribution in [0.2, 0.25) is 20.1 Å². The number of ether oxygens (including phenoxy) is 5. The Bertz CT molecular complexity index is 1990. The van der Waals surface area contributed by atoms with Crippen molar-refractivity contribution in [3.8, 4) is 23.0 Å². The molecule has 2 heterocycles. The molecule has 0 atom stereocenters. The quantitative estimate of drug-likeness (QED) is 0.174. The molecule has 0 spiro atoms. The van der Waals surface area contributed by atoms with Gasteiger partial charge in [-0.3, -0.25) is 0 Å². The number of carbonyl (C=O) groups excluding carboxylic acids is 2. The van der Waals surface area contributed by atoms with Gasteiger partial charge in [0.15, 0.2) is 0 Å². The van der Waals surface area contributed by atoms with E-state index in [1.165, 1.54) is 0 Å². The lowest BCUT2D eigenvalue weighted by molar-refractivity contribution is -0.0171. The fourth-order valence-electron chi connectivity index (χ4n) is 5.92. The van der Waals surface area contributed by atoms with Crippen LogP contribution in [0.25, 0.3) is 0 Å². The number of benzene rings is 4. The molecule has 0 saturated carbocycles. The molecule has 0 aliphatic carbocycles. The largest absolute Gasteiger partial charge is 0.457 e. The van der Waals surface area contributed by atoms with Gasteiger partial charge in [-0.15, -0.1) is 0 Å². The predicted octanol–water partition coefficient (Wildman–Crippen LogP) is 13.8. The molecule has 2 saturated heterocycles. The fourth-order valence-corrected chi connectivity index (χ4v) is 6.99. The Hall–Kier alpha value is -3.42. The molecule has 6 rings (SSSR count). The number of hydrogen-bond donors (Lipinski definition) is 1. The zero-order valence-corrected chi connectivity index (χ0v) is 40.0. The van der Waals surface area contributed by atoms with Crippen molar-refractivity contribution in [3.63, 3.8) is 0 Å². The van der Waals surface area contributed by atoms with Gasteiger partial charge < -0.3 is 38.6 Å². The highest BCUT2D eigenvalue weighted by Crippen LogP contribution is 2.30. The first kappa shape index (κ1) is 50.2. The summed E-state index contributed by atoms with van der Waals surface area (Å²) in [7, 11) is 0. The van der Waals surface area contributed by atoms with Crippen molar-refractivity contribution in [2.45, 2.75) is 103 Å². The van der Waals surface area contributed by atoms with Crippen molar-refractivity contribution in [2.75, 3.05) is 26.2 Å². The molecule has 2 amide bonds. The third-order valence-corrected chi connectivity index (χ3v) is 10.4. The number of amides is 2. The minimum absolute atomic E-state index is 0.0864. The Morgan fingerprint density at radius 2 is 0.984 bits per heavy atom. The minimum Gasteiger partial charge on any atom is -0.457 e. The van der Waals surface area contributed by atoms with Gasteiger partial charge >= 0.3 is 12.2 Å². The van der Waals surface area contributed by atoms with Crippen molar-refractivity contribution >= 4 is 74.5 Å². The molecular formula is C46H55BrCl4N2O8. The molecule has 15 heteroatoms. The van der Waals surface area contributed by atoms with E-state index in [2.05, 4.69) is 15.9 Å². The maximum absolute atomic E-state index is 12.2. The van der Waals surface area contributed by atoms with E-state index in [9.17, 15) is 14.7 Å². The van der Waals surface area contributed by atoms with Crippen molar-refractivity contribution in [3.05, 3.63) is 116 Å². The highest BCUT2D eigenvalue weighted by Gasteiger charge is 2.28. The van der Waals surface area contributed by atoms with Crippen LogP contribution in [-0.2, 0) is 26.1 Å². The second-order valence-electron chi connectivity index (χ2n) is 16.5. The number of nitrogens with zero attached hydrogens (tertiary/aromatic N) is 2. The van der Waals surface area contributed by atoms with Crippen LogP contribution < -0.4 is 9.47 Å². The monoisotopic (exact) mass is 982 g/mol. The first-order valence-electron chi connectivity index (χ1n) is 20.0. The Labute approximate surface area is 388 Å². The van der Waals surface area contributed by atoms with E-state index in [0.29, 0.717) is 83.0 Å². The van der Waals surface area contributed by atoms with Crippen molar-refractivity contribution in [1.82, 2.24) is 9.80 Å². The lowest BCUT2D eigenvalue weighted by Crippen LogP contribution is -2.43. The summed E-state index contributed by atoms with van der Waals surface area (Å²) in [4.78, 5) is 27.1. The normalized spacial score (nSPS) is 14.8. The molecule has 0 radical (unpaired) electrons. The van der Waals surface area contributed by atoms with E-state index in [-0.39, 0.29) is 24.4 Å². The summed E-state index contributed by atoms with van der Waals surface area (Å²) in [5.74, 6) is 2.78. The smallest absolute Gasteiger partial charge is 0.410 e. The second-order valence-corrected chi connectivity index (χ2v) is 18.8. The number of aliphatic hydroxyl groups excluding tert-OH is 1. The number of rotatable bonds is 8. The van der Waals surface area contributed by atoms with E-state index in [4.69, 9.17) is 70.1 Å². The van der Waals surface area contributed by atoms with Crippen LogP contribution in [0.3, 0.4) is 0 Å². The van der Waals surface area contributed by atoms with Gasteiger partial charge in [-0.05, 0) is 163 Å². The molecule has 2 aliphatic heterocycles. The van der Waals surface area contributed by atoms with E-state index in [1.54, 1.807) is 58.3 Å². The van der Waals surface area contributed by atoms with Crippen LogP contribution in [0.1, 0.15) is 78.4 Å². The average molecular weight is 986 g/mol. The summed E-state index contributed by atoms with van der Waals surface area (Å²) >= 11 is 27.4. The van der Waals surface area contributed by atoms with Crippen molar-refractivity contribution < 1.29 is 38.4 Å². The Balaban J connectivity index is 0.000000223. The number of carbonyl (C=O) groups is 2. The Morgan fingerprint density at radius 3 is 1.39 bits per heavy atom. The van der Waals surface area contributed by atoms with Crippen molar-refractivity contribution in [2.24, 2.45) is 0 Å². The van der Waals surface area contributed by atoms with Crippen LogP contribution in [0.15, 0.2) is 84.9 Å². The first-order valence-corrected chi connectivity index (χ1v) is 22.6. The van der Waals surface area contributed by atoms with Gasteiger partial charge in [0.05, 0.1) is 18.8 Å². The Morgan fingerprint density at radius 1 is 0.590 bits per heavy atom. The average Bonchev–Trinajstić information content (AvgIpc) is 3.18. The van der Waals surface area contributed by atoms with Crippen molar-refractivity contribution in [1.29, 1.82) is 0 Å². The van der Waals surface area contributed by atoms with Crippen LogP contribution in [0.5, 0.6) is 23.0 Å². The molecule has 61 heavy (non-hydrogen) atoms. The molecule has 0 unspecified atom stereocenters. The van der Waals surface area contributed by atoms with Gasteiger partial charge in [0.25, 0.3) is 0 Å². The predicted molar refractivity (Wildman–Crippen MR) is 247 cm³/mol. The first-order chi connectivity index (χ1) is 28.7. The third-order valence-electron chi connectivity index (χ3n) is 8.81. The van der Waals surface area contributed by atoms with E-state index < -0.39 is 11.2 Å². The highest BCUT2D eigenvalue weighted by atomic mass is 79.9. The molecule has 0 aromatic heterocycles. The van der Waals surface area contributed by atoms with Gasteiger partial charge in [0.2, 0.25) is 0 Å². The number of aliphatic hydroxyl groups is 1. The van der Waals surface area contributed by atoms with Crippen LogP contribution in [0, 0.1) is 0 Å². The van der Waals surface area contributed by atoms with Crippen LogP contribution in [0.4, 0.5) is 9.59 Å². The standard InChI is InChI=1S/C23H27Cl2NO4.C13H9BrCl2O.C10H19NO3/c1-23(2,3)30-22(27)26-10-8-19(9-11-26)28-15-16-12-18(25)14-21(13-16)29-20-6-4-17(24)5-7-20;14-8-9-5-11(16)7-13(6-9)17-12-3-1-10(15)2-4-12;1-10(2,3)14-9(13)11-6-4-8(12)5-7-11/h4-7,12-14,19H,8-11,15H2,1-3H3;1-7H,8H2;8,12H,4-7H2,1-3H3. The van der Waals surface area contributed by atoms with Crippen LogP contribution >= 0.6 is 62.3 Å². The molecule has 10 nitrogen and oxygen atoms in total. The summed E-state index contributed by atoms with van der Waals surface area (Å²) in [6.07, 6.45) is 2.14. The van der Waals surface area contributed by atoms with E-state index in [1.807, 2.05) is 77.9 Å². The van der Waals surface area contributed by atoms with E-state index >= 15 is 0 Å². The molecule has 4 aromatic rings. The SMILES string of the molecule is CC(C)(C)OC(=O)N1CCC(O)CC1.CC(C)(C)OC(=O)N1CCC(OCc2cc(Cl)cc(Oc3ccc(Cl)cc3)c2)CC1.Clc1ccc(Oc2cc(Cl)cc(CBr)c2)cc1. The summed E-state index contributed by atoms with van der Waals surface area (Å²) in [5, 5.41) is 12.6. The number of alkyl halides is 1. The maximum Gasteiger partial charge on any atom is 0.410 e. The molecule has 332 valence electrons. The number of likely N-dealkylation sites (tertiary alicyclic amines) is 2. The third kappa shape index (κ3) is 19.2. The summed E-state index contributed by atoms with van der Waals surface area (Å²) in [6.45, 7) is 14.0. The fraction of sp³-hybridized carbons (Fsp3) is 0.435. The minimum atomic E-state index is -0.483. The lowest BCUT2D eigenvalue weighted by Gasteiger charge is -2.33. The maximum atomic E-state index is 12.2. The zero-order chi connectivity index (χ0) is 44.7. The van der Waals surface area contributed by atoms with Gasteiger partial charge in [-0.1, -0.05) is 62.3 Å². The molecule has 2 fully saturated rings. The molecule has 0 bridgehead atoms. The topological polar surface area (TPSA) is 107 Å². The summed E-state index contributed by atoms with van der Waals surface area (Å²) in [5.41, 5.74) is 1.08.